The van der Waals surface area contributed by atoms with E-state index in [1.807, 2.05) is 66.1 Å². The minimum absolute atomic E-state index is 0.583. The molecule has 0 fully saturated rings. The van der Waals surface area contributed by atoms with Crippen LogP contribution in [0.1, 0.15) is 5.56 Å². The van der Waals surface area contributed by atoms with Gasteiger partial charge in [-0.05, 0) is 24.3 Å². The summed E-state index contributed by atoms with van der Waals surface area (Å²) >= 11 is 0. The van der Waals surface area contributed by atoms with E-state index in [2.05, 4.69) is 69.9 Å². The quantitative estimate of drug-likeness (QED) is 0.392. The Kier molecular flexibility index (Phi) is 5.25. The van der Waals surface area contributed by atoms with Gasteiger partial charge in [0.15, 0.2) is 0 Å². The van der Waals surface area contributed by atoms with Gasteiger partial charge in [-0.1, -0.05) is 65.9 Å². The molecule has 32 heavy (non-hydrogen) atoms. The number of benzene rings is 3. The molecule has 2 aromatic heterocycles. The molecule has 0 spiro atoms. The van der Waals surface area contributed by atoms with Crippen molar-refractivity contribution < 1.29 is 0 Å². The van der Waals surface area contributed by atoms with E-state index in [1.54, 1.807) is 0 Å². The summed E-state index contributed by atoms with van der Waals surface area (Å²) in [4.78, 5) is 2.08. The first-order valence-corrected chi connectivity index (χ1v) is 10.5. The van der Waals surface area contributed by atoms with Gasteiger partial charge in [0.1, 0.15) is 5.69 Å². The third-order valence-electron chi connectivity index (χ3n) is 5.41. The van der Waals surface area contributed by atoms with Gasteiger partial charge < -0.3 is 4.90 Å². The van der Waals surface area contributed by atoms with Gasteiger partial charge in [0.05, 0.1) is 24.1 Å². The van der Waals surface area contributed by atoms with Crippen LogP contribution in [0.3, 0.4) is 0 Å². The van der Waals surface area contributed by atoms with E-state index in [4.69, 9.17) is 5.10 Å². The van der Waals surface area contributed by atoms with E-state index in [-0.39, 0.29) is 0 Å². The van der Waals surface area contributed by atoms with Gasteiger partial charge in [0.2, 0.25) is 0 Å². The van der Waals surface area contributed by atoms with Gasteiger partial charge in [0.25, 0.3) is 0 Å². The van der Waals surface area contributed by atoms with E-state index >= 15 is 0 Å². The molecule has 0 N–H and O–H groups in total. The van der Waals surface area contributed by atoms with Gasteiger partial charge in [-0.25, -0.2) is 9.36 Å². The zero-order valence-electron chi connectivity index (χ0n) is 18.1. The van der Waals surface area contributed by atoms with Crippen LogP contribution in [-0.2, 0) is 6.54 Å². The molecule has 3 aromatic carbocycles. The van der Waals surface area contributed by atoms with Crippen LogP contribution in [0.2, 0.25) is 0 Å². The molecule has 158 valence electrons. The van der Waals surface area contributed by atoms with Crippen LogP contribution in [-0.4, -0.2) is 38.9 Å². The fourth-order valence-electron chi connectivity index (χ4n) is 3.69. The molecular formula is C26H24N6. The molecule has 0 saturated heterocycles. The van der Waals surface area contributed by atoms with Crippen LogP contribution < -0.4 is 4.90 Å². The van der Waals surface area contributed by atoms with Crippen LogP contribution in [0.5, 0.6) is 0 Å². The highest BCUT2D eigenvalue weighted by atomic mass is 15.4. The van der Waals surface area contributed by atoms with Crippen molar-refractivity contribution in [1.82, 2.24) is 24.8 Å². The third-order valence-corrected chi connectivity index (χ3v) is 5.41. The molecule has 0 bridgehead atoms. The predicted octanol–water partition coefficient (Wildman–Crippen LogP) is 4.91. The minimum atomic E-state index is 0.583. The fraction of sp³-hybridized carbons (Fsp3) is 0.115. The Morgan fingerprint density at radius 2 is 1.44 bits per heavy atom. The number of rotatable bonds is 6. The summed E-state index contributed by atoms with van der Waals surface area (Å²) in [6.07, 6.45) is 4.06. The Bertz CT molecular complexity index is 1300. The SMILES string of the molecule is CN(C)c1ccc(-c2cn(Cc3cn(-c4ccccc4)nc3-c3ccccc3)nn2)cc1. The van der Waals surface area contributed by atoms with Crippen molar-refractivity contribution >= 4 is 5.69 Å². The Morgan fingerprint density at radius 1 is 0.750 bits per heavy atom. The number of hydrogen-bond acceptors (Lipinski definition) is 4. The van der Waals surface area contributed by atoms with E-state index in [1.165, 1.54) is 0 Å². The molecule has 0 unspecified atom stereocenters. The molecule has 6 heteroatoms. The van der Waals surface area contributed by atoms with Gasteiger partial charge in [-0.3, -0.25) is 0 Å². The maximum atomic E-state index is 4.89. The topological polar surface area (TPSA) is 51.8 Å². The first-order chi connectivity index (χ1) is 15.7. The predicted molar refractivity (Wildman–Crippen MR) is 128 cm³/mol. The highest BCUT2D eigenvalue weighted by Crippen LogP contribution is 2.25. The second-order valence-corrected chi connectivity index (χ2v) is 7.89. The van der Waals surface area contributed by atoms with Crippen molar-refractivity contribution in [2.75, 3.05) is 19.0 Å². The van der Waals surface area contributed by atoms with E-state index in [0.717, 1.165) is 39.5 Å². The van der Waals surface area contributed by atoms with Crippen LogP contribution >= 0.6 is 0 Å². The van der Waals surface area contributed by atoms with Crippen LogP contribution in [0, 0.1) is 0 Å². The Balaban J connectivity index is 1.47. The van der Waals surface area contributed by atoms with E-state index in [9.17, 15) is 0 Å². The summed E-state index contributed by atoms with van der Waals surface area (Å²) in [6, 6.07) is 28.7. The Hall–Kier alpha value is -4.19. The second kappa shape index (κ2) is 8.51. The normalized spacial score (nSPS) is 10.9. The first kappa shape index (κ1) is 19.8. The highest BCUT2D eigenvalue weighted by Gasteiger charge is 2.14. The molecular weight excluding hydrogens is 396 g/mol. The lowest BCUT2D eigenvalue weighted by Crippen LogP contribution is -2.07. The number of anilines is 1. The molecule has 0 aliphatic carbocycles. The Labute approximate surface area is 187 Å². The molecule has 0 amide bonds. The van der Waals surface area contributed by atoms with Gasteiger partial charge in [-0.2, -0.15) is 5.10 Å². The largest absolute Gasteiger partial charge is 0.378 e. The van der Waals surface area contributed by atoms with Crippen LogP contribution in [0.4, 0.5) is 5.69 Å². The molecule has 5 aromatic rings. The molecule has 5 rings (SSSR count). The summed E-state index contributed by atoms with van der Waals surface area (Å²) in [5.41, 5.74) is 7.19. The fourth-order valence-corrected chi connectivity index (χ4v) is 3.69. The molecule has 0 radical (unpaired) electrons. The smallest absolute Gasteiger partial charge is 0.113 e. The van der Waals surface area contributed by atoms with Crippen molar-refractivity contribution in [2.24, 2.45) is 0 Å². The number of hydrogen-bond donors (Lipinski definition) is 0. The van der Waals surface area contributed by atoms with Crippen molar-refractivity contribution in [3.63, 3.8) is 0 Å². The first-order valence-electron chi connectivity index (χ1n) is 10.5. The maximum Gasteiger partial charge on any atom is 0.113 e. The number of para-hydroxylation sites is 1. The molecule has 2 heterocycles. The average molecular weight is 421 g/mol. The molecule has 0 aliphatic rings. The Morgan fingerprint density at radius 3 is 2.12 bits per heavy atom. The molecule has 0 saturated carbocycles. The standard InChI is InChI=1S/C26H24N6/c1-30(2)23-15-13-20(14-16-23)25-19-31(29-27-25)17-22-18-32(24-11-7-4-8-12-24)28-26(22)21-9-5-3-6-10-21/h3-16,18-19H,17H2,1-2H3. The molecule has 0 atom stereocenters. The van der Waals surface area contributed by atoms with Gasteiger partial charge in [-0.15, -0.1) is 5.10 Å². The van der Waals surface area contributed by atoms with E-state index in [0.29, 0.717) is 6.54 Å². The zero-order chi connectivity index (χ0) is 21.9. The second-order valence-electron chi connectivity index (χ2n) is 7.89. The van der Waals surface area contributed by atoms with Crippen LogP contribution in [0.25, 0.3) is 28.2 Å². The van der Waals surface area contributed by atoms with Crippen molar-refractivity contribution in [2.45, 2.75) is 6.54 Å². The van der Waals surface area contributed by atoms with Gasteiger partial charge >= 0.3 is 0 Å². The van der Waals surface area contributed by atoms with Crippen molar-refractivity contribution in [3.8, 4) is 28.2 Å². The highest BCUT2D eigenvalue weighted by molar-refractivity contribution is 5.64. The summed E-state index contributed by atoms with van der Waals surface area (Å²) in [7, 11) is 4.07. The minimum Gasteiger partial charge on any atom is -0.378 e. The monoisotopic (exact) mass is 420 g/mol. The molecule has 6 nitrogen and oxygen atoms in total. The molecule has 0 aliphatic heterocycles. The summed E-state index contributed by atoms with van der Waals surface area (Å²) in [5.74, 6) is 0. The summed E-state index contributed by atoms with van der Waals surface area (Å²) < 4.78 is 3.80. The lowest BCUT2D eigenvalue weighted by atomic mass is 10.1. The lowest BCUT2D eigenvalue weighted by molar-refractivity contribution is 0.650. The average Bonchev–Trinajstić information content (AvgIpc) is 3.48. The lowest BCUT2D eigenvalue weighted by Gasteiger charge is -2.11. The number of aromatic nitrogens is 5. The maximum absolute atomic E-state index is 4.89. The zero-order valence-corrected chi connectivity index (χ0v) is 18.1. The third kappa shape index (κ3) is 4.03. The van der Waals surface area contributed by atoms with Crippen LogP contribution in [0.15, 0.2) is 97.3 Å². The van der Waals surface area contributed by atoms with Crippen molar-refractivity contribution in [3.05, 3.63) is 103 Å². The van der Waals surface area contributed by atoms with Gasteiger partial charge in [0, 0.05) is 42.7 Å². The summed E-state index contributed by atoms with van der Waals surface area (Å²) in [6.45, 7) is 0.583. The van der Waals surface area contributed by atoms with E-state index < -0.39 is 0 Å². The summed E-state index contributed by atoms with van der Waals surface area (Å²) in [5, 5.41) is 13.7. The van der Waals surface area contributed by atoms with Crippen molar-refractivity contribution in [1.29, 1.82) is 0 Å². The number of nitrogens with zero attached hydrogens (tertiary/aromatic N) is 6.